The van der Waals surface area contributed by atoms with E-state index in [1.54, 1.807) is 0 Å². The predicted molar refractivity (Wildman–Crippen MR) is 74.9 cm³/mol. The van der Waals surface area contributed by atoms with Crippen molar-refractivity contribution in [2.45, 2.75) is 13.3 Å². The minimum absolute atomic E-state index is 0.717. The Bertz CT molecular complexity index is 660. The number of rotatable bonds is 1. The summed E-state index contributed by atoms with van der Waals surface area (Å²) in [6, 6.07) is 18.1. The Morgan fingerprint density at radius 2 is 1.53 bits per heavy atom. The van der Waals surface area contributed by atoms with Crippen molar-refractivity contribution in [1.29, 1.82) is 5.26 Å². The zero-order valence-corrected chi connectivity index (χ0v) is 10.7. The third-order valence-electron chi connectivity index (χ3n) is 3.32. The minimum Gasteiger partial charge on any atom is -0.456 e. The highest BCUT2D eigenvalue weighted by Crippen LogP contribution is 2.44. The van der Waals surface area contributed by atoms with Crippen LogP contribution in [0.15, 0.2) is 54.1 Å². The number of benzene rings is 2. The van der Waals surface area contributed by atoms with Crippen molar-refractivity contribution in [3.8, 4) is 17.6 Å². The van der Waals surface area contributed by atoms with Crippen molar-refractivity contribution in [3.63, 3.8) is 0 Å². The van der Waals surface area contributed by atoms with E-state index in [0.29, 0.717) is 6.42 Å². The fourth-order valence-corrected chi connectivity index (χ4v) is 2.42. The maximum absolute atomic E-state index is 9.38. The van der Waals surface area contributed by atoms with Crippen molar-refractivity contribution in [2.24, 2.45) is 0 Å². The molecule has 3 rings (SSSR count). The molecule has 2 aromatic rings. The van der Waals surface area contributed by atoms with Crippen LogP contribution >= 0.6 is 0 Å². The van der Waals surface area contributed by atoms with Gasteiger partial charge in [-0.15, -0.1) is 0 Å². The van der Waals surface area contributed by atoms with Crippen LogP contribution in [0, 0.1) is 11.3 Å². The number of ether oxygens (including phenoxy) is 1. The van der Waals surface area contributed by atoms with Gasteiger partial charge in [-0.05, 0) is 18.6 Å². The van der Waals surface area contributed by atoms with E-state index in [1.165, 1.54) is 0 Å². The number of para-hydroxylation sites is 2. The lowest BCUT2D eigenvalue weighted by Crippen LogP contribution is -2.04. The first-order chi connectivity index (χ1) is 9.35. The average Bonchev–Trinajstić information content (AvgIpc) is 2.47. The van der Waals surface area contributed by atoms with Crippen LogP contribution < -0.4 is 4.74 Å². The van der Waals surface area contributed by atoms with E-state index >= 15 is 0 Å². The predicted octanol–water partition coefficient (Wildman–Crippen LogP) is 4.53. The summed E-state index contributed by atoms with van der Waals surface area (Å²) in [6.45, 7) is 2.01. The van der Waals surface area contributed by atoms with Crippen molar-refractivity contribution in [2.75, 3.05) is 0 Å². The number of fused-ring (bicyclic) bond motifs is 2. The Kier molecular flexibility index (Phi) is 2.81. The van der Waals surface area contributed by atoms with Crippen LogP contribution in [0.3, 0.4) is 0 Å². The van der Waals surface area contributed by atoms with Gasteiger partial charge in [0.1, 0.15) is 11.5 Å². The average molecular weight is 247 g/mol. The number of nitriles is 1. The van der Waals surface area contributed by atoms with E-state index in [1.807, 2.05) is 55.5 Å². The van der Waals surface area contributed by atoms with Gasteiger partial charge in [0, 0.05) is 22.3 Å². The molecule has 0 unspecified atom stereocenters. The Morgan fingerprint density at radius 3 is 2.00 bits per heavy atom. The molecular weight excluding hydrogens is 234 g/mol. The molecule has 0 aliphatic carbocycles. The van der Waals surface area contributed by atoms with Gasteiger partial charge < -0.3 is 4.74 Å². The van der Waals surface area contributed by atoms with Crippen molar-refractivity contribution < 1.29 is 4.74 Å². The second-order valence-electron chi connectivity index (χ2n) is 4.41. The van der Waals surface area contributed by atoms with Crippen molar-refractivity contribution in [3.05, 3.63) is 65.2 Å². The normalized spacial score (nSPS) is 11.9. The fourth-order valence-electron chi connectivity index (χ4n) is 2.42. The van der Waals surface area contributed by atoms with Crippen LogP contribution in [0.5, 0.6) is 11.5 Å². The molecule has 0 N–H and O–H groups in total. The summed E-state index contributed by atoms with van der Waals surface area (Å²) in [5, 5.41) is 9.38. The molecule has 19 heavy (non-hydrogen) atoms. The van der Waals surface area contributed by atoms with Gasteiger partial charge in [-0.3, -0.25) is 0 Å². The molecule has 0 bridgehead atoms. The van der Waals surface area contributed by atoms with Crippen LogP contribution in [0.25, 0.3) is 5.57 Å². The Labute approximate surface area is 112 Å². The van der Waals surface area contributed by atoms with Crippen LogP contribution in [0.1, 0.15) is 24.5 Å². The van der Waals surface area contributed by atoms with Gasteiger partial charge in [0.05, 0.1) is 6.07 Å². The molecule has 0 saturated heterocycles. The highest BCUT2D eigenvalue weighted by atomic mass is 16.5. The third-order valence-corrected chi connectivity index (χ3v) is 3.32. The van der Waals surface area contributed by atoms with Crippen molar-refractivity contribution in [1.82, 2.24) is 0 Å². The fraction of sp³-hybridized carbons (Fsp3) is 0.118. The molecule has 0 spiro atoms. The summed E-state index contributed by atoms with van der Waals surface area (Å²) in [6.07, 6.45) is 0.717. The standard InChI is InChI=1S/C17H13NO/c1-2-12(11-18)17-13-7-3-5-9-15(13)19-16-10-6-4-8-14(16)17/h3-10H,2H2,1H3. The lowest BCUT2D eigenvalue weighted by Gasteiger charge is -2.23. The summed E-state index contributed by atoms with van der Waals surface area (Å²) in [4.78, 5) is 0. The van der Waals surface area contributed by atoms with Gasteiger partial charge in [0.25, 0.3) is 0 Å². The third kappa shape index (κ3) is 1.80. The number of nitrogens with zero attached hydrogens (tertiary/aromatic N) is 1. The van der Waals surface area contributed by atoms with Gasteiger partial charge in [-0.25, -0.2) is 0 Å². The van der Waals surface area contributed by atoms with Gasteiger partial charge in [0.15, 0.2) is 0 Å². The molecule has 2 aromatic carbocycles. The lowest BCUT2D eigenvalue weighted by atomic mass is 9.89. The molecule has 1 aliphatic heterocycles. The molecular formula is C17H13NO. The number of hydrogen-bond donors (Lipinski definition) is 0. The first kappa shape index (κ1) is 11.6. The van der Waals surface area contributed by atoms with Gasteiger partial charge in [-0.1, -0.05) is 43.3 Å². The topological polar surface area (TPSA) is 33.0 Å². The Balaban J connectivity index is 2.35. The Hall–Kier alpha value is -2.53. The molecule has 92 valence electrons. The summed E-state index contributed by atoms with van der Waals surface area (Å²) in [7, 11) is 0. The first-order valence-corrected chi connectivity index (χ1v) is 6.35. The number of allylic oxidation sites excluding steroid dienone is 1. The van der Waals surface area contributed by atoms with Gasteiger partial charge in [-0.2, -0.15) is 5.26 Å². The highest BCUT2D eigenvalue weighted by Gasteiger charge is 2.23. The smallest absolute Gasteiger partial charge is 0.135 e. The zero-order chi connectivity index (χ0) is 13.2. The molecule has 1 aliphatic rings. The quantitative estimate of drug-likeness (QED) is 0.592. The van der Waals surface area contributed by atoms with Crippen LogP contribution in [-0.2, 0) is 0 Å². The van der Waals surface area contributed by atoms with E-state index in [2.05, 4.69) is 6.07 Å². The monoisotopic (exact) mass is 247 g/mol. The molecule has 0 fully saturated rings. The molecule has 0 amide bonds. The van der Waals surface area contributed by atoms with E-state index in [9.17, 15) is 5.26 Å². The SMILES string of the molecule is CCC(C#N)=C1c2ccccc2Oc2ccccc21. The van der Waals surface area contributed by atoms with E-state index in [-0.39, 0.29) is 0 Å². The highest BCUT2D eigenvalue weighted by molar-refractivity contribution is 5.91. The molecule has 2 nitrogen and oxygen atoms in total. The van der Waals surface area contributed by atoms with E-state index in [0.717, 1.165) is 33.8 Å². The summed E-state index contributed by atoms with van der Waals surface area (Å²) in [5.74, 6) is 1.63. The summed E-state index contributed by atoms with van der Waals surface area (Å²) in [5.41, 5.74) is 3.80. The van der Waals surface area contributed by atoms with E-state index < -0.39 is 0 Å². The number of hydrogen-bond acceptors (Lipinski definition) is 2. The van der Waals surface area contributed by atoms with Crippen molar-refractivity contribution >= 4 is 5.57 Å². The second kappa shape index (κ2) is 4.62. The zero-order valence-electron chi connectivity index (χ0n) is 10.7. The molecule has 0 aromatic heterocycles. The van der Waals surface area contributed by atoms with Crippen LogP contribution in [-0.4, -0.2) is 0 Å². The van der Waals surface area contributed by atoms with E-state index in [4.69, 9.17) is 4.74 Å². The maximum Gasteiger partial charge on any atom is 0.135 e. The lowest BCUT2D eigenvalue weighted by molar-refractivity contribution is 0.474. The molecule has 1 heterocycles. The molecule has 0 radical (unpaired) electrons. The largest absolute Gasteiger partial charge is 0.456 e. The van der Waals surface area contributed by atoms with Crippen LogP contribution in [0.4, 0.5) is 0 Å². The molecule has 0 saturated carbocycles. The minimum atomic E-state index is 0.717. The molecule has 0 atom stereocenters. The second-order valence-corrected chi connectivity index (χ2v) is 4.41. The molecule has 2 heteroatoms. The summed E-state index contributed by atoms with van der Waals surface area (Å²) >= 11 is 0. The van der Waals surface area contributed by atoms with Gasteiger partial charge in [0.2, 0.25) is 0 Å². The summed E-state index contributed by atoms with van der Waals surface area (Å²) < 4.78 is 5.90. The van der Waals surface area contributed by atoms with Gasteiger partial charge >= 0.3 is 0 Å². The van der Waals surface area contributed by atoms with Crippen LogP contribution in [0.2, 0.25) is 0 Å². The Morgan fingerprint density at radius 1 is 1.00 bits per heavy atom. The first-order valence-electron chi connectivity index (χ1n) is 6.35. The maximum atomic E-state index is 9.38.